The first-order valence-corrected chi connectivity index (χ1v) is 18.4. The van der Waals surface area contributed by atoms with Gasteiger partial charge in [0.05, 0.1) is 29.8 Å². The Morgan fingerprint density at radius 1 is 0.780 bits per heavy atom. The lowest BCUT2D eigenvalue weighted by atomic mass is 9.98. The van der Waals surface area contributed by atoms with Crippen molar-refractivity contribution in [1.82, 2.24) is 9.62 Å². The Morgan fingerprint density at radius 3 is 2.12 bits per heavy atom. The van der Waals surface area contributed by atoms with Gasteiger partial charge in [0.25, 0.3) is 0 Å². The van der Waals surface area contributed by atoms with Gasteiger partial charge in [0, 0.05) is 31.1 Å². The monoisotopic (exact) mass is 692 g/mol. The van der Waals surface area contributed by atoms with E-state index in [1.807, 2.05) is 117 Å². The Morgan fingerprint density at radius 2 is 1.44 bits per heavy atom. The number of nitrogens with one attached hydrogen (secondary N) is 1. The second-order valence-electron chi connectivity index (χ2n) is 12.8. The van der Waals surface area contributed by atoms with Crippen molar-refractivity contribution in [2.24, 2.45) is 0 Å². The summed E-state index contributed by atoms with van der Waals surface area (Å²) in [4.78, 5) is 2.36. The van der Waals surface area contributed by atoms with Gasteiger partial charge in [-0.25, -0.2) is 13.1 Å². The molecule has 0 aromatic heterocycles. The molecule has 0 aliphatic carbocycles. The molecule has 0 radical (unpaired) electrons. The third-order valence-corrected chi connectivity index (χ3v) is 10.8. The number of benzene rings is 5. The fraction of sp³-hybridized carbons (Fsp3) is 0.268. The first-order valence-electron chi connectivity index (χ1n) is 16.9. The third kappa shape index (κ3) is 8.75. The van der Waals surface area contributed by atoms with Crippen LogP contribution in [0.3, 0.4) is 0 Å². The number of hydrogen-bond acceptors (Lipinski definition) is 7. The van der Waals surface area contributed by atoms with Crippen molar-refractivity contribution in [3.63, 3.8) is 0 Å². The molecule has 1 heterocycles. The van der Waals surface area contributed by atoms with Crippen molar-refractivity contribution in [3.8, 4) is 11.1 Å². The highest BCUT2D eigenvalue weighted by molar-refractivity contribution is 7.89. The molecule has 5 aromatic carbocycles. The van der Waals surface area contributed by atoms with E-state index < -0.39 is 22.4 Å². The van der Waals surface area contributed by atoms with Crippen LogP contribution in [0.4, 0.5) is 0 Å². The highest BCUT2D eigenvalue weighted by Crippen LogP contribution is 2.39. The number of aliphatic hydroxyl groups is 2. The fourth-order valence-electron chi connectivity index (χ4n) is 6.25. The van der Waals surface area contributed by atoms with Crippen LogP contribution < -0.4 is 4.72 Å². The van der Waals surface area contributed by atoms with E-state index in [2.05, 4.69) is 9.62 Å². The van der Waals surface area contributed by atoms with Crippen LogP contribution >= 0.6 is 0 Å². The van der Waals surface area contributed by atoms with Crippen LogP contribution in [-0.2, 0) is 32.6 Å². The molecular weight excluding hydrogens is 649 g/mol. The number of nitrogens with zero attached hydrogens (tertiary/aromatic N) is 1. The second kappa shape index (κ2) is 16.2. The molecule has 1 aliphatic rings. The topological polar surface area (TPSA) is 108 Å². The molecule has 0 unspecified atom stereocenters. The molecule has 1 saturated heterocycles. The molecule has 1 fully saturated rings. The van der Waals surface area contributed by atoms with E-state index >= 15 is 0 Å². The molecule has 0 spiro atoms. The van der Waals surface area contributed by atoms with Crippen molar-refractivity contribution in [1.29, 1.82) is 0 Å². The van der Waals surface area contributed by atoms with Crippen molar-refractivity contribution >= 4 is 10.0 Å². The number of hydrogen-bond donors (Lipinski definition) is 3. The number of sulfonamides is 1. The zero-order valence-corrected chi connectivity index (χ0v) is 29.1. The van der Waals surface area contributed by atoms with Crippen molar-refractivity contribution in [3.05, 3.63) is 161 Å². The SMILES string of the molecule is C[C@@H]([C@H](O)c1ccccc1)N(C)C[C@@H]1C[C@H](c2ccc(CO)cc2)O[C@H](c2ccc(-c3cccc(CNS(=O)(=O)c4ccccc4)c3)cc2)O1. The molecule has 1 aliphatic heterocycles. The van der Waals surface area contributed by atoms with Crippen LogP contribution in [-0.4, -0.2) is 49.3 Å². The number of rotatable bonds is 13. The van der Waals surface area contributed by atoms with E-state index in [0.717, 1.165) is 38.9 Å². The van der Waals surface area contributed by atoms with Crippen LogP contribution in [0.2, 0.25) is 0 Å². The Kier molecular flexibility index (Phi) is 11.6. The van der Waals surface area contributed by atoms with Crippen molar-refractivity contribution in [2.75, 3.05) is 13.6 Å². The third-order valence-electron chi connectivity index (χ3n) is 9.36. The molecule has 50 heavy (non-hydrogen) atoms. The number of ether oxygens (including phenoxy) is 2. The van der Waals surface area contributed by atoms with Crippen molar-refractivity contribution in [2.45, 2.75) is 62.0 Å². The lowest BCUT2D eigenvalue weighted by Crippen LogP contribution is -2.43. The van der Waals surface area contributed by atoms with Gasteiger partial charge in [-0.1, -0.05) is 115 Å². The van der Waals surface area contributed by atoms with Crippen LogP contribution in [0.1, 0.15) is 59.7 Å². The fourth-order valence-corrected chi connectivity index (χ4v) is 7.28. The van der Waals surface area contributed by atoms with Crippen LogP contribution in [0.5, 0.6) is 0 Å². The van der Waals surface area contributed by atoms with E-state index in [9.17, 15) is 18.6 Å². The zero-order chi connectivity index (χ0) is 35.1. The predicted octanol–water partition coefficient (Wildman–Crippen LogP) is 6.92. The summed E-state index contributed by atoms with van der Waals surface area (Å²) in [6.45, 7) is 2.76. The van der Waals surface area contributed by atoms with E-state index in [1.54, 1.807) is 30.3 Å². The Labute approximate surface area is 295 Å². The molecule has 0 saturated carbocycles. The summed E-state index contributed by atoms with van der Waals surface area (Å²) in [5, 5.41) is 20.7. The number of likely N-dealkylation sites (N-methyl/N-ethyl adjacent to an activating group) is 1. The quantitative estimate of drug-likeness (QED) is 0.123. The average molecular weight is 693 g/mol. The first kappa shape index (κ1) is 35.6. The van der Waals surface area contributed by atoms with Gasteiger partial charge in [-0.15, -0.1) is 0 Å². The summed E-state index contributed by atoms with van der Waals surface area (Å²) >= 11 is 0. The van der Waals surface area contributed by atoms with Crippen LogP contribution in [0.25, 0.3) is 11.1 Å². The van der Waals surface area contributed by atoms with E-state index in [1.165, 1.54) is 0 Å². The molecule has 8 nitrogen and oxygen atoms in total. The minimum atomic E-state index is -3.62. The second-order valence-corrected chi connectivity index (χ2v) is 14.6. The highest BCUT2D eigenvalue weighted by Gasteiger charge is 2.34. The summed E-state index contributed by atoms with van der Waals surface area (Å²) in [5.74, 6) is 0. The summed E-state index contributed by atoms with van der Waals surface area (Å²) in [6.07, 6.45) is -1.04. The van der Waals surface area contributed by atoms with Crippen LogP contribution in [0, 0.1) is 0 Å². The minimum absolute atomic E-state index is 0.0227. The molecule has 260 valence electrons. The molecule has 5 atom stereocenters. The highest BCUT2D eigenvalue weighted by atomic mass is 32.2. The summed E-state index contributed by atoms with van der Waals surface area (Å²) in [5.41, 5.74) is 6.39. The lowest BCUT2D eigenvalue weighted by molar-refractivity contribution is -0.253. The molecule has 0 bridgehead atoms. The first-order chi connectivity index (χ1) is 24.2. The van der Waals surface area contributed by atoms with Crippen LogP contribution in [0.15, 0.2) is 138 Å². The van der Waals surface area contributed by atoms with Gasteiger partial charge in [-0.3, -0.25) is 4.90 Å². The van der Waals surface area contributed by atoms with Gasteiger partial charge in [0.15, 0.2) is 6.29 Å². The minimum Gasteiger partial charge on any atom is -0.392 e. The van der Waals surface area contributed by atoms with E-state index in [4.69, 9.17) is 9.47 Å². The maximum absolute atomic E-state index is 12.7. The smallest absolute Gasteiger partial charge is 0.240 e. The van der Waals surface area contributed by atoms with Gasteiger partial charge in [-0.05, 0) is 65.6 Å². The van der Waals surface area contributed by atoms with E-state index in [0.29, 0.717) is 13.0 Å². The largest absolute Gasteiger partial charge is 0.392 e. The maximum Gasteiger partial charge on any atom is 0.240 e. The Hall–Kier alpha value is -4.19. The molecule has 9 heteroatoms. The predicted molar refractivity (Wildman–Crippen MR) is 194 cm³/mol. The van der Waals surface area contributed by atoms with E-state index in [-0.39, 0.29) is 36.3 Å². The lowest BCUT2D eigenvalue weighted by Gasteiger charge is -2.39. The molecule has 3 N–H and O–H groups in total. The Bertz CT molecular complexity index is 1920. The normalized spacial score (nSPS) is 19.3. The Balaban J connectivity index is 1.17. The molecule has 0 amide bonds. The summed E-state index contributed by atoms with van der Waals surface area (Å²) in [7, 11) is -1.62. The zero-order valence-electron chi connectivity index (χ0n) is 28.3. The molecule has 5 aromatic rings. The van der Waals surface area contributed by atoms with Gasteiger partial charge in [0.1, 0.15) is 0 Å². The summed E-state index contributed by atoms with van der Waals surface area (Å²) in [6, 6.07) is 41.6. The standard InChI is InChI=1S/C41H44N2O6S/c1-29(40(45)34-11-5-3-6-12-34)43(2)27-37-25-39(33-18-16-30(28-44)17-19-33)49-41(48-37)35-22-20-32(21-23-35)36-13-9-10-31(24-36)26-42-50(46,47)38-14-7-4-8-15-38/h3-24,29,37,39-42,44-45H,25-28H2,1-2H3/t29-,37-,39+,40-,41+/m0/s1. The average Bonchev–Trinajstić information content (AvgIpc) is 3.17. The molecule has 6 rings (SSSR count). The molecular formula is C41H44N2O6S. The summed E-state index contributed by atoms with van der Waals surface area (Å²) < 4.78 is 41.3. The van der Waals surface area contributed by atoms with Crippen molar-refractivity contribution < 1.29 is 28.1 Å². The van der Waals surface area contributed by atoms with Gasteiger partial charge in [-0.2, -0.15) is 0 Å². The van der Waals surface area contributed by atoms with Gasteiger partial charge in [0.2, 0.25) is 10.0 Å². The van der Waals surface area contributed by atoms with Gasteiger partial charge < -0.3 is 19.7 Å². The number of aliphatic hydroxyl groups excluding tert-OH is 2. The maximum atomic E-state index is 12.7. The van der Waals surface area contributed by atoms with Gasteiger partial charge >= 0.3 is 0 Å².